The molecule has 1 amide bonds. The van der Waals surface area contributed by atoms with E-state index < -0.39 is 10.8 Å². The summed E-state index contributed by atoms with van der Waals surface area (Å²) in [7, 11) is -0.757. The number of amides is 1. The Labute approximate surface area is 68.0 Å². The van der Waals surface area contributed by atoms with Gasteiger partial charge in [0.2, 0.25) is 5.91 Å². The zero-order valence-corrected chi connectivity index (χ0v) is 7.02. The highest BCUT2D eigenvalue weighted by atomic mass is 32.2. The Balaban J connectivity index is 2.34. The van der Waals surface area contributed by atoms with Crippen molar-refractivity contribution in [3.05, 3.63) is 0 Å². The minimum atomic E-state index is -0.757. The number of primary amides is 1. The molecule has 0 spiro atoms. The van der Waals surface area contributed by atoms with Gasteiger partial charge in [-0.1, -0.05) is 0 Å². The molecule has 0 aromatic heterocycles. The van der Waals surface area contributed by atoms with Crippen molar-refractivity contribution < 1.29 is 9.00 Å². The molecule has 0 radical (unpaired) electrons. The molecule has 0 aromatic rings. The summed E-state index contributed by atoms with van der Waals surface area (Å²) in [4.78, 5) is 10.5. The van der Waals surface area contributed by atoms with Crippen LogP contribution in [-0.4, -0.2) is 34.2 Å². The van der Waals surface area contributed by atoms with Gasteiger partial charge in [-0.2, -0.15) is 0 Å². The number of rotatable bonds is 2. The van der Waals surface area contributed by atoms with E-state index in [1.165, 1.54) is 0 Å². The highest BCUT2D eigenvalue weighted by molar-refractivity contribution is 7.85. The van der Waals surface area contributed by atoms with E-state index in [0.29, 0.717) is 17.9 Å². The van der Waals surface area contributed by atoms with E-state index in [2.05, 4.69) is 5.32 Å². The third-order valence-electron chi connectivity index (χ3n) is 1.60. The van der Waals surface area contributed by atoms with Crippen molar-refractivity contribution in [1.82, 2.24) is 5.32 Å². The Morgan fingerprint density at radius 2 is 2.45 bits per heavy atom. The summed E-state index contributed by atoms with van der Waals surface area (Å²) >= 11 is 0. The van der Waals surface area contributed by atoms with Crippen LogP contribution in [0.5, 0.6) is 0 Å². The van der Waals surface area contributed by atoms with Crippen LogP contribution in [0.4, 0.5) is 0 Å². The van der Waals surface area contributed by atoms with Crippen molar-refractivity contribution in [3.8, 4) is 0 Å². The smallest absolute Gasteiger partial charge is 0.219 e. The summed E-state index contributed by atoms with van der Waals surface area (Å²) in [6.45, 7) is 0.727. The van der Waals surface area contributed by atoms with Gasteiger partial charge in [-0.3, -0.25) is 9.00 Å². The van der Waals surface area contributed by atoms with Crippen LogP contribution in [0, 0.1) is 0 Å². The van der Waals surface area contributed by atoms with E-state index in [1.807, 2.05) is 0 Å². The minimum absolute atomic E-state index is 0.0297. The lowest BCUT2D eigenvalue weighted by Crippen LogP contribution is -2.44. The lowest BCUT2D eigenvalue weighted by atomic mass is 10.2. The molecule has 1 aliphatic rings. The molecule has 1 saturated heterocycles. The summed E-state index contributed by atoms with van der Waals surface area (Å²) in [5, 5.41) is 3.09. The van der Waals surface area contributed by atoms with Gasteiger partial charge in [0, 0.05) is 41.3 Å². The maximum atomic E-state index is 11.0. The molecule has 64 valence electrons. The van der Waals surface area contributed by atoms with Gasteiger partial charge in [0.25, 0.3) is 0 Å². The standard InChI is InChI=1S/C6H12N2O2S/c7-6(9)3-5-4-11(10)2-1-8-5/h5,8H,1-4H2,(H2,7,9). The lowest BCUT2D eigenvalue weighted by Gasteiger charge is -2.21. The van der Waals surface area contributed by atoms with E-state index in [4.69, 9.17) is 5.73 Å². The quantitative estimate of drug-likeness (QED) is 0.542. The fourth-order valence-corrected chi connectivity index (χ4v) is 2.31. The van der Waals surface area contributed by atoms with Crippen LogP contribution in [0.2, 0.25) is 0 Å². The van der Waals surface area contributed by atoms with Crippen LogP contribution < -0.4 is 11.1 Å². The summed E-state index contributed by atoms with van der Waals surface area (Å²) in [5.41, 5.74) is 4.99. The summed E-state index contributed by atoms with van der Waals surface area (Å²) in [6.07, 6.45) is 0.297. The second kappa shape index (κ2) is 3.82. The number of carbonyl (C=O) groups is 1. The average molecular weight is 176 g/mol. The van der Waals surface area contributed by atoms with Gasteiger partial charge in [-0.15, -0.1) is 0 Å². The molecule has 0 saturated carbocycles. The van der Waals surface area contributed by atoms with Crippen molar-refractivity contribution in [3.63, 3.8) is 0 Å². The van der Waals surface area contributed by atoms with E-state index in [1.54, 1.807) is 0 Å². The summed E-state index contributed by atoms with van der Waals surface area (Å²) < 4.78 is 11.0. The zero-order chi connectivity index (χ0) is 8.27. The molecule has 11 heavy (non-hydrogen) atoms. The molecular weight excluding hydrogens is 164 g/mol. The predicted octanol–water partition coefficient (Wildman–Crippen LogP) is -1.42. The maximum Gasteiger partial charge on any atom is 0.219 e. The third-order valence-corrected chi connectivity index (χ3v) is 3.03. The van der Waals surface area contributed by atoms with Crippen LogP contribution in [0.15, 0.2) is 0 Å². The Bertz CT molecular complexity index is 181. The van der Waals surface area contributed by atoms with Crippen molar-refractivity contribution in [1.29, 1.82) is 0 Å². The molecule has 0 aromatic carbocycles. The number of carbonyl (C=O) groups excluding carboxylic acids is 1. The topological polar surface area (TPSA) is 72.2 Å². The molecule has 2 unspecified atom stereocenters. The van der Waals surface area contributed by atoms with Crippen molar-refractivity contribution >= 4 is 16.7 Å². The average Bonchev–Trinajstić information content (AvgIpc) is 1.85. The molecule has 1 aliphatic heterocycles. The van der Waals surface area contributed by atoms with Crippen LogP contribution in [0.3, 0.4) is 0 Å². The first-order valence-corrected chi connectivity index (χ1v) is 5.04. The first kappa shape index (κ1) is 8.67. The van der Waals surface area contributed by atoms with E-state index in [-0.39, 0.29) is 11.9 Å². The molecular formula is C6H12N2O2S. The Hall–Kier alpha value is -0.420. The highest BCUT2D eigenvalue weighted by Gasteiger charge is 2.18. The van der Waals surface area contributed by atoms with Gasteiger partial charge < -0.3 is 11.1 Å². The Kier molecular flexibility index (Phi) is 3.02. The van der Waals surface area contributed by atoms with E-state index in [0.717, 1.165) is 6.54 Å². The van der Waals surface area contributed by atoms with Crippen molar-refractivity contribution in [2.24, 2.45) is 5.73 Å². The first-order valence-electron chi connectivity index (χ1n) is 3.55. The monoisotopic (exact) mass is 176 g/mol. The van der Waals surface area contributed by atoms with Gasteiger partial charge in [-0.05, 0) is 0 Å². The Morgan fingerprint density at radius 3 is 3.00 bits per heavy atom. The van der Waals surface area contributed by atoms with E-state index >= 15 is 0 Å². The lowest BCUT2D eigenvalue weighted by molar-refractivity contribution is -0.118. The normalized spacial score (nSPS) is 31.6. The summed E-state index contributed by atoms with van der Waals surface area (Å²) in [6, 6.07) is 0.0297. The molecule has 1 heterocycles. The van der Waals surface area contributed by atoms with Crippen LogP contribution >= 0.6 is 0 Å². The number of nitrogens with one attached hydrogen (secondary N) is 1. The van der Waals surface area contributed by atoms with E-state index in [9.17, 15) is 9.00 Å². The first-order chi connectivity index (χ1) is 5.18. The molecule has 5 heteroatoms. The third kappa shape index (κ3) is 2.98. The van der Waals surface area contributed by atoms with Crippen molar-refractivity contribution in [2.75, 3.05) is 18.1 Å². The largest absolute Gasteiger partial charge is 0.370 e. The van der Waals surface area contributed by atoms with Gasteiger partial charge in [-0.25, -0.2) is 0 Å². The van der Waals surface area contributed by atoms with Crippen LogP contribution in [0.25, 0.3) is 0 Å². The van der Waals surface area contributed by atoms with Gasteiger partial charge in [0.15, 0.2) is 0 Å². The maximum absolute atomic E-state index is 11.0. The molecule has 1 rings (SSSR count). The molecule has 0 bridgehead atoms. The second-order valence-corrected chi connectivity index (χ2v) is 4.25. The molecule has 3 N–H and O–H groups in total. The molecule has 1 fully saturated rings. The fraction of sp³-hybridized carbons (Fsp3) is 0.833. The molecule has 2 atom stereocenters. The minimum Gasteiger partial charge on any atom is -0.370 e. The van der Waals surface area contributed by atoms with Crippen LogP contribution in [-0.2, 0) is 15.6 Å². The summed E-state index contributed by atoms with van der Waals surface area (Å²) in [5.74, 6) is 0.916. The predicted molar refractivity (Wildman–Crippen MR) is 43.5 cm³/mol. The van der Waals surface area contributed by atoms with Gasteiger partial charge >= 0.3 is 0 Å². The van der Waals surface area contributed by atoms with Gasteiger partial charge in [0.1, 0.15) is 0 Å². The number of hydrogen-bond acceptors (Lipinski definition) is 3. The van der Waals surface area contributed by atoms with Gasteiger partial charge in [0.05, 0.1) is 0 Å². The number of hydrogen-bond donors (Lipinski definition) is 2. The number of nitrogens with two attached hydrogens (primary N) is 1. The SMILES string of the molecule is NC(=O)CC1CS(=O)CCN1. The van der Waals surface area contributed by atoms with Crippen LogP contribution in [0.1, 0.15) is 6.42 Å². The second-order valence-electron chi connectivity index (χ2n) is 2.63. The van der Waals surface area contributed by atoms with Crippen molar-refractivity contribution in [2.45, 2.75) is 12.5 Å². The molecule has 4 nitrogen and oxygen atoms in total. The Morgan fingerprint density at radius 1 is 1.73 bits per heavy atom. The highest BCUT2D eigenvalue weighted by Crippen LogP contribution is 1.99. The fourth-order valence-electron chi connectivity index (χ4n) is 1.12. The molecule has 0 aliphatic carbocycles. The zero-order valence-electron chi connectivity index (χ0n) is 6.21.